The first-order valence-corrected chi connectivity index (χ1v) is 1.57. The first kappa shape index (κ1) is 9.22. The van der Waals surface area contributed by atoms with Crippen LogP contribution in [0.4, 0.5) is 0 Å². The van der Waals surface area contributed by atoms with Gasteiger partial charge in [0, 0.05) is 22.0 Å². The molecule has 23 valence electrons. The average molecular weight is 97.0 g/mol. The predicted molar refractivity (Wildman–Crippen MR) is 22.2 cm³/mol. The first-order chi connectivity index (χ1) is 1.73. The van der Waals surface area contributed by atoms with Crippen LogP contribution in [-0.2, 0) is 4.79 Å². The van der Waals surface area contributed by atoms with Gasteiger partial charge in [-0.05, 0) is 6.92 Å². The fourth-order valence-corrected chi connectivity index (χ4v) is 0. The minimum absolute atomic E-state index is 0. The Hall–Kier alpha value is 0.735. The zero-order valence-electron chi connectivity index (χ0n) is 3.06. The standard InChI is InChI=1S/C2H3O.2Al/c1-2-3;;/h1H3;;. The van der Waals surface area contributed by atoms with E-state index in [0.717, 1.165) is 0 Å². The van der Waals surface area contributed by atoms with Gasteiger partial charge < -0.3 is 4.79 Å². The summed E-state index contributed by atoms with van der Waals surface area (Å²) in [6, 6.07) is 0. The minimum atomic E-state index is 0. The van der Waals surface area contributed by atoms with E-state index >= 15 is 0 Å². The Labute approximate surface area is 50.3 Å². The lowest BCUT2D eigenvalue weighted by atomic mass is 10.9. The highest BCUT2D eigenvalue weighted by molar-refractivity contribution is 6.56. The number of hydrogen-bond acceptors (Lipinski definition) is 1. The molecule has 3 heteroatoms. The Balaban J connectivity index is 0. The summed E-state index contributed by atoms with van der Waals surface area (Å²) in [5.41, 5.74) is 0. The summed E-state index contributed by atoms with van der Waals surface area (Å²) in [5.74, 6) is 0. The van der Waals surface area contributed by atoms with Crippen LogP contribution in [0.5, 0.6) is 0 Å². The van der Waals surface area contributed by atoms with E-state index in [1.54, 1.807) is 0 Å². The first-order valence-electron chi connectivity index (χ1n) is 0.993. The molecular formula is C2H3Al2O. The molecule has 0 aromatic carbocycles. The Morgan fingerprint density at radius 2 is 1.80 bits per heavy atom. The van der Waals surface area contributed by atoms with Gasteiger partial charge in [0.15, 0.2) is 0 Å². The van der Waals surface area contributed by atoms with Gasteiger partial charge in [-0.25, -0.2) is 0 Å². The smallest absolute Gasteiger partial charge is 0.241 e. The van der Waals surface area contributed by atoms with Crippen molar-refractivity contribution in [1.82, 2.24) is 0 Å². The number of carbonyl (C=O) groups is 1. The molecular weight excluding hydrogens is 94.0 g/mol. The van der Waals surface area contributed by atoms with Crippen molar-refractivity contribution >= 4 is 38.3 Å². The lowest BCUT2D eigenvalue weighted by Crippen LogP contribution is -1.80. The third-order valence-corrected chi connectivity index (χ3v) is 0. The highest BCUT2D eigenvalue weighted by atomic mass is 27.0. The Kier molecular flexibility index (Phi) is 8.73. The van der Waals surface area contributed by atoms with Crippen molar-refractivity contribution in [3.63, 3.8) is 0 Å². The molecule has 5 radical (unpaired) electrons. The Morgan fingerprint density at radius 3 is 1.80 bits per heavy atom. The SMILES string of the molecule is C[C](=O)[Al].[Al]. The predicted octanol–water partition coefficient (Wildman–Crippen LogP) is -0.679. The van der Waals surface area contributed by atoms with Gasteiger partial charge in [-0.2, -0.15) is 0 Å². The quantitative estimate of drug-likeness (QED) is 0.366. The van der Waals surface area contributed by atoms with Crippen LogP contribution in [0.3, 0.4) is 0 Å². The molecule has 0 heterocycles. The highest BCUT2D eigenvalue weighted by Crippen LogP contribution is 1.40. The van der Waals surface area contributed by atoms with E-state index in [-0.39, 0.29) is 22.0 Å². The van der Waals surface area contributed by atoms with E-state index < -0.39 is 0 Å². The van der Waals surface area contributed by atoms with Crippen molar-refractivity contribution < 1.29 is 4.79 Å². The second kappa shape index (κ2) is 4.73. The van der Waals surface area contributed by atoms with Crippen LogP contribution in [0.2, 0.25) is 0 Å². The Morgan fingerprint density at radius 1 is 1.80 bits per heavy atom. The van der Waals surface area contributed by atoms with Crippen molar-refractivity contribution in [1.29, 1.82) is 0 Å². The van der Waals surface area contributed by atoms with Gasteiger partial charge in [-0.3, -0.25) is 0 Å². The Bertz CT molecular complexity index is 30.6. The van der Waals surface area contributed by atoms with Gasteiger partial charge in [0.2, 0.25) is 16.3 Å². The fourth-order valence-electron chi connectivity index (χ4n) is 0. The third-order valence-electron chi connectivity index (χ3n) is 0. The molecule has 0 saturated carbocycles. The van der Waals surface area contributed by atoms with Crippen molar-refractivity contribution in [3.8, 4) is 0 Å². The molecule has 0 aliphatic rings. The maximum Gasteiger partial charge on any atom is 0.241 e. The molecule has 0 amide bonds. The van der Waals surface area contributed by atoms with Crippen LogP contribution in [0.25, 0.3) is 0 Å². The molecule has 0 bridgehead atoms. The summed E-state index contributed by atoms with van der Waals surface area (Å²) in [7, 11) is 0. The topological polar surface area (TPSA) is 17.1 Å². The molecule has 0 spiro atoms. The molecule has 0 unspecified atom stereocenters. The number of rotatable bonds is 0. The average Bonchev–Trinajstić information content (AvgIpc) is 0.811. The second-order valence-corrected chi connectivity index (χ2v) is 1.42. The lowest BCUT2D eigenvalue weighted by molar-refractivity contribution is -0.109. The van der Waals surface area contributed by atoms with E-state index in [0.29, 0.717) is 0 Å². The van der Waals surface area contributed by atoms with Crippen LogP contribution in [-0.4, -0.2) is 38.3 Å². The molecule has 0 aliphatic carbocycles. The van der Waals surface area contributed by atoms with Crippen molar-refractivity contribution in [2.75, 3.05) is 0 Å². The van der Waals surface area contributed by atoms with Crippen LogP contribution in [0.15, 0.2) is 0 Å². The molecule has 0 saturated heterocycles. The molecule has 0 N–H and O–H groups in total. The molecule has 1 nitrogen and oxygen atoms in total. The minimum Gasteiger partial charge on any atom is -0.324 e. The number of hydrogen-bond donors (Lipinski definition) is 0. The van der Waals surface area contributed by atoms with Crippen molar-refractivity contribution in [3.05, 3.63) is 0 Å². The van der Waals surface area contributed by atoms with Gasteiger partial charge in [0.1, 0.15) is 0 Å². The summed E-state index contributed by atoms with van der Waals surface area (Å²) < 4.78 is 0.0833. The summed E-state index contributed by atoms with van der Waals surface area (Å²) in [6.07, 6.45) is 0. The summed E-state index contributed by atoms with van der Waals surface area (Å²) in [5, 5.41) is 0. The van der Waals surface area contributed by atoms with Crippen LogP contribution >= 0.6 is 0 Å². The normalized spacial score (nSPS) is 5.00. The second-order valence-electron chi connectivity index (χ2n) is 0.611. The summed E-state index contributed by atoms with van der Waals surface area (Å²) in [4.78, 5) is 9.41. The van der Waals surface area contributed by atoms with Gasteiger partial charge in [0.25, 0.3) is 0 Å². The monoisotopic (exact) mass is 97.0 g/mol. The highest BCUT2D eigenvalue weighted by Gasteiger charge is 1.62. The molecule has 0 fully saturated rings. The zero-order chi connectivity index (χ0) is 3.58. The van der Waals surface area contributed by atoms with Gasteiger partial charge in [0.05, 0.1) is 0 Å². The summed E-state index contributed by atoms with van der Waals surface area (Å²) >= 11 is 2.02. The maximum atomic E-state index is 9.41. The van der Waals surface area contributed by atoms with E-state index in [9.17, 15) is 4.79 Å². The zero-order valence-corrected chi connectivity index (χ0v) is 5.37. The van der Waals surface area contributed by atoms with Gasteiger partial charge in [-0.1, -0.05) is 0 Å². The third kappa shape index (κ3) is 65.6. The van der Waals surface area contributed by atoms with Crippen molar-refractivity contribution in [2.24, 2.45) is 0 Å². The molecule has 5 heavy (non-hydrogen) atoms. The molecule has 0 rings (SSSR count). The van der Waals surface area contributed by atoms with E-state index in [4.69, 9.17) is 0 Å². The van der Waals surface area contributed by atoms with E-state index in [1.165, 1.54) is 6.92 Å². The van der Waals surface area contributed by atoms with Gasteiger partial charge >= 0.3 is 0 Å². The van der Waals surface area contributed by atoms with Gasteiger partial charge in [-0.15, -0.1) is 0 Å². The lowest BCUT2D eigenvalue weighted by Gasteiger charge is -1.57. The molecule has 0 atom stereocenters. The van der Waals surface area contributed by atoms with E-state index in [1.807, 2.05) is 16.3 Å². The molecule has 0 aromatic heterocycles. The fraction of sp³-hybridized carbons (Fsp3) is 0.500. The maximum absolute atomic E-state index is 9.41. The molecule has 0 aliphatic heterocycles. The molecule has 0 aromatic rings. The summed E-state index contributed by atoms with van der Waals surface area (Å²) in [6.45, 7) is 1.49. The van der Waals surface area contributed by atoms with Crippen molar-refractivity contribution in [2.45, 2.75) is 6.92 Å². The van der Waals surface area contributed by atoms with Crippen LogP contribution in [0, 0.1) is 0 Å². The largest absolute Gasteiger partial charge is 0.324 e. The van der Waals surface area contributed by atoms with Crippen LogP contribution < -0.4 is 0 Å². The van der Waals surface area contributed by atoms with Crippen LogP contribution in [0.1, 0.15) is 6.92 Å². The number of carbonyl (C=O) groups excluding carboxylic acids is 1. The van der Waals surface area contributed by atoms with E-state index in [2.05, 4.69) is 0 Å².